The lowest BCUT2D eigenvalue weighted by atomic mass is 10.1. The lowest BCUT2D eigenvalue weighted by Gasteiger charge is -2.32. The van der Waals surface area contributed by atoms with Crippen LogP contribution in [0.2, 0.25) is 0 Å². The number of hydrogen-bond donors (Lipinski definition) is 3. The second kappa shape index (κ2) is 9.24. The van der Waals surface area contributed by atoms with Gasteiger partial charge >= 0.3 is 0 Å². The normalized spacial score (nSPS) is 14.5. The smallest absolute Gasteiger partial charge is 0.270 e. The van der Waals surface area contributed by atoms with Crippen LogP contribution in [0.1, 0.15) is 24.0 Å². The second-order valence-corrected chi connectivity index (χ2v) is 7.26. The Bertz CT molecular complexity index is 1170. The van der Waals surface area contributed by atoms with E-state index in [0.717, 1.165) is 37.2 Å². The third-order valence-corrected chi connectivity index (χ3v) is 5.19. The molecule has 0 atom stereocenters. The van der Waals surface area contributed by atoms with Crippen LogP contribution in [-0.2, 0) is 0 Å². The molecule has 0 saturated carbocycles. The van der Waals surface area contributed by atoms with Crippen LogP contribution in [0, 0.1) is 11.3 Å². The molecule has 3 N–H and O–H groups in total. The number of hydrogen-bond acceptors (Lipinski definition) is 7. The van der Waals surface area contributed by atoms with Crippen LogP contribution < -0.4 is 15.9 Å². The number of H-pyrrole nitrogens is 1. The summed E-state index contributed by atoms with van der Waals surface area (Å²) in [4.78, 5) is 21.5. The zero-order valence-corrected chi connectivity index (χ0v) is 16.8. The number of para-hydroxylation sites is 1. The van der Waals surface area contributed by atoms with Crippen LogP contribution in [0.15, 0.2) is 64.5 Å². The number of piperidine rings is 1. The lowest BCUT2D eigenvalue weighted by Crippen LogP contribution is -2.36. The molecule has 1 fully saturated rings. The number of rotatable bonds is 5. The molecular formula is C23H22N6O2. The highest BCUT2D eigenvalue weighted by Crippen LogP contribution is 2.23. The Morgan fingerprint density at radius 1 is 1.16 bits per heavy atom. The first-order valence-corrected chi connectivity index (χ1v) is 10.1. The number of nitrogens with zero attached hydrogens (tertiary/aromatic N) is 4. The van der Waals surface area contributed by atoms with Crippen molar-refractivity contribution in [3.63, 3.8) is 0 Å². The largest absolute Gasteiger partial charge is 0.393 e. The monoisotopic (exact) mass is 414 g/mol. The van der Waals surface area contributed by atoms with E-state index in [-0.39, 0.29) is 17.6 Å². The van der Waals surface area contributed by atoms with Crippen LogP contribution in [0.25, 0.3) is 11.3 Å². The van der Waals surface area contributed by atoms with E-state index in [9.17, 15) is 15.2 Å². The first-order valence-electron chi connectivity index (χ1n) is 10.1. The standard InChI is InChI=1S/C23H22N6O2/c24-14-19-21(16-6-2-1-3-7-16)26-23(27-22(19)31)28-25-15-17-8-4-5-9-20(17)29-12-10-18(30)11-13-29/h1-9,15,18,30H,10-13H2,(H2,26,27,28,31). The van der Waals surface area contributed by atoms with Gasteiger partial charge in [0.25, 0.3) is 5.56 Å². The Morgan fingerprint density at radius 3 is 2.61 bits per heavy atom. The SMILES string of the molecule is N#Cc1c(-c2ccccc2)nc(NN=Cc2ccccc2N2CCC(O)CC2)[nH]c1=O. The van der Waals surface area contributed by atoms with Gasteiger partial charge < -0.3 is 10.0 Å². The van der Waals surface area contributed by atoms with Crippen molar-refractivity contribution < 1.29 is 5.11 Å². The molecule has 1 aliphatic rings. The van der Waals surface area contributed by atoms with Gasteiger partial charge in [-0.05, 0) is 18.9 Å². The molecule has 8 heteroatoms. The van der Waals surface area contributed by atoms with E-state index in [0.29, 0.717) is 11.3 Å². The predicted molar refractivity (Wildman–Crippen MR) is 120 cm³/mol. The Kier molecular flexibility index (Phi) is 6.05. The van der Waals surface area contributed by atoms with E-state index in [1.165, 1.54) is 0 Å². The van der Waals surface area contributed by atoms with Crippen molar-refractivity contribution >= 4 is 17.9 Å². The van der Waals surface area contributed by atoms with Crippen molar-refractivity contribution in [2.24, 2.45) is 5.10 Å². The highest BCUT2D eigenvalue weighted by Gasteiger charge is 2.18. The second-order valence-electron chi connectivity index (χ2n) is 7.26. The molecule has 0 unspecified atom stereocenters. The average molecular weight is 414 g/mol. The molecule has 1 aliphatic heterocycles. The summed E-state index contributed by atoms with van der Waals surface area (Å²) in [6.45, 7) is 1.56. The van der Waals surface area contributed by atoms with Gasteiger partial charge in [0.05, 0.1) is 18.0 Å². The van der Waals surface area contributed by atoms with Gasteiger partial charge in [-0.2, -0.15) is 10.4 Å². The molecule has 1 aromatic heterocycles. The Morgan fingerprint density at radius 2 is 1.87 bits per heavy atom. The zero-order chi connectivity index (χ0) is 21.6. The van der Waals surface area contributed by atoms with Crippen molar-refractivity contribution in [2.75, 3.05) is 23.4 Å². The van der Waals surface area contributed by atoms with Crippen molar-refractivity contribution in [3.05, 3.63) is 76.1 Å². The van der Waals surface area contributed by atoms with Crippen molar-refractivity contribution in [1.82, 2.24) is 9.97 Å². The summed E-state index contributed by atoms with van der Waals surface area (Å²) in [7, 11) is 0. The molecular weight excluding hydrogens is 392 g/mol. The fraction of sp³-hybridized carbons (Fsp3) is 0.217. The highest BCUT2D eigenvalue weighted by molar-refractivity contribution is 5.88. The molecule has 2 aromatic carbocycles. The van der Waals surface area contributed by atoms with Crippen LogP contribution >= 0.6 is 0 Å². The number of nitrogens with one attached hydrogen (secondary N) is 2. The minimum Gasteiger partial charge on any atom is -0.393 e. The topological polar surface area (TPSA) is 117 Å². The van der Waals surface area contributed by atoms with Gasteiger partial charge in [-0.15, -0.1) is 0 Å². The summed E-state index contributed by atoms with van der Waals surface area (Å²) in [6.07, 6.45) is 2.91. The van der Waals surface area contributed by atoms with Crippen molar-refractivity contribution in [2.45, 2.75) is 18.9 Å². The number of aliphatic hydroxyl groups excluding tert-OH is 1. The maximum atomic E-state index is 12.3. The summed E-state index contributed by atoms with van der Waals surface area (Å²) < 4.78 is 0. The maximum absolute atomic E-state index is 12.3. The summed E-state index contributed by atoms with van der Waals surface area (Å²) in [5, 5.41) is 23.4. The van der Waals surface area contributed by atoms with Crippen LogP contribution in [-0.4, -0.2) is 40.5 Å². The van der Waals surface area contributed by atoms with Gasteiger partial charge in [-0.3, -0.25) is 9.78 Å². The molecule has 4 rings (SSSR count). The molecule has 0 bridgehead atoms. The number of anilines is 2. The maximum Gasteiger partial charge on any atom is 0.270 e. The Balaban J connectivity index is 1.57. The van der Waals surface area contributed by atoms with E-state index in [1.54, 1.807) is 18.3 Å². The number of benzene rings is 2. The third kappa shape index (κ3) is 4.63. The van der Waals surface area contributed by atoms with E-state index in [2.05, 4.69) is 25.4 Å². The van der Waals surface area contributed by atoms with Gasteiger partial charge in [0.15, 0.2) is 0 Å². The number of nitriles is 1. The molecule has 0 radical (unpaired) electrons. The molecule has 2 heterocycles. The summed E-state index contributed by atoms with van der Waals surface area (Å²) in [5.74, 6) is 0.151. The van der Waals surface area contributed by atoms with Gasteiger partial charge in [-0.25, -0.2) is 10.4 Å². The quantitative estimate of drug-likeness (QED) is 0.436. The fourth-order valence-electron chi connectivity index (χ4n) is 3.59. The molecule has 1 saturated heterocycles. The minimum atomic E-state index is -0.527. The Labute approximate surface area is 179 Å². The van der Waals surface area contributed by atoms with E-state index in [1.807, 2.05) is 48.5 Å². The van der Waals surface area contributed by atoms with Crippen LogP contribution in [0.4, 0.5) is 11.6 Å². The summed E-state index contributed by atoms with van der Waals surface area (Å²) in [6, 6.07) is 18.9. The summed E-state index contributed by atoms with van der Waals surface area (Å²) >= 11 is 0. The predicted octanol–water partition coefficient (Wildman–Crippen LogP) is 2.72. The zero-order valence-electron chi connectivity index (χ0n) is 16.8. The molecule has 0 spiro atoms. The molecule has 156 valence electrons. The number of aromatic nitrogens is 2. The number of hydrazone groups is 1. The first-order chi connectivity index (χ1) is 15.2. The first kappa shape index (κ1) is 20.3. The third-order valence-electron chi connectivity index (χ3n) is 5.19. The van der Waals surface area contributed by atoms with E-state index in [4.69, 9.17) is 0 Å². The van der Waals surface area contributed by atoms with Crippen molar-refractivity contribution in [3.8, 4) is 17.3 Å². The molecule has 8 nitrogen and oxygen atoms in total. The molecule has 31 heavy (non-hydrogen) atoms. The van der Waals surface area contributed by atoms with Gasteiger partial charge in [0, 0.05) is 29.9 Å². The Hall–Kier alpha value is -3.96. The van der Waals surface area contributed by atoms with Crippen LogP contribution in [0.5, 0.6) is 0 Å². The van der Waals surface area contributed by atoms with Gasteiger partial charge in [-0.1, -0.05) is 48.5 Å². The van der Waals surface area contributed by atoms with Crippen molar-refractivity contribution in [1.29, 1.82) is 5.26 Å². The molecule has 3 aromatic rings. The number of aliphatic hydroxyl groups is 1. The van der Waals surface area contributed by atoms with Gasteiger partial charge in [0.2, 0.25) is 5.95 Å². The molecule has 0 aliphatic carbocycles. The van der Waals surface area contributed by atoms with Crippen LogP contribution in [0.3, 0.4) is 0 Å². The number of aromatic amines is 1. The lowest BCUT2D eigenvalue weighted by molar-refractivity contribution is 0.145. The fourth-order valence-corrected chi connectivity index (χ4v) is 3.59. The average Bonchev–Trinajstić information content (AvgIpc) is 2.80. The van der Waals surface area contributed by atoms with E-state index >= 15 is 0 Å². The van der Waals surface area contributed by atoms with E-state index < -0.39 is 5.56 Å². The minimum absolute atomic E-state index is 0.0432. The molecule has 0 amide bonds. The summed E-state index contributed by atoms with van der Waals surface area (Å²) in [5.41, 5.74) is 5.12. The highest BCUT2D eigenvalue weighted by atomic mass is 16.3. The van der Waals surface area contributed by atoms with Gasteiger partial charge in [0.1, 0.15) is 11.6 Å².